The Morgan fingerprint density at radius 2 is 0.778 bits per heavy atom. The van der Waals surface area contributed by atoms with Gasteiger partial charge in [-0.2, -0.15) is 0 Å². The first-order chi connectivity index (χ1) is 21.5. The number of benzene rings is 3. The second-order valence-electron chi connectivity index (χ2n) is 9.54. The normalized spacial score (nSPS) is 14.3. The van der Waals surface area contributed by atoms with E-state index in [9.17, 15) is 43.2 Å². The first kappa shape index (κ1) is 28.6. The molecule has 3 aromatic rings. The van der Waals surface area contributed by atoms with E-state index in [-0.39, 0.29) is 50.1 Å². The number of carbonyl (C=O) groups excluding carboxylic acids is 9. The monoisotopic (exact) mass is 614 g/mol. The number of hydrogen-bond acceptors (Lipinski definition) is 15. The van der Waals surface area contributed by atoms with Gasteiger partial charge >= 0.3 is 53.7 Å². The minimum absolute atomic E-state index is 0.0422. The summed E-state index contributed by atoms with van der Waals surface area (Å²) < 4.78 is 29.3. The van der Waals surface area contributed by atoms with Crippen molar-refractivity contribution in [2.45, 2.75) is 6.10 Å². The number of ether oxygens (including phenoxy) is 6. The summed E-state index contributed by atoms with van der Waals surface area (Å²) in [7, 11) is 0. The molecule has 224 valence electrons. The molecule has 0 atom stereocenters. The molecule has 0 aliphatic carbocycles. The van der Waals surface area contributed by atoms with Crippen molar-refractivity contribution >= 4 is 53.7 Å². The van der Waals surface area contributed by atoms with Crippen LogP contribution in [0.1, 0.15) is 93.2 Å². The van der Waals surface area contributed by atoms with Gasteiger partial charge in [0.2, 0.25) is 0 Å². The van der Waals surface area contributed by atoms with Gasteiger partial charge in [-0.3, -0.25) is 0 Å². The Kier molecular flexibility index (Phi) is 6.97. The van der Waals surface area contributed by atoms with Crippen LogP contribution < -0.4 is 0 Å². The van der Waals surface area contributed by atoms with E-state index in [4.69, 9.17) is 14.2 Å². The Balaban J connectivity index is 1.18. The average Bonchev–Trinajstić information content (AvgIpc) is 3.60. The summed E-state index contributed by atoms with van der Waals surface area (Å²) >= 11 is 0. The van der Waals surface area contributed by atoms with Crippen LogP contribution in [0.15, 0.2) is 54.6 Å². The first-order valence-electron chi connectivity index (χ1n) is 12.8. The third-order valence-electron chi connectivity index (χ3n) is 6.72. The number of fused-ring (bicyclic) bond motifs is 3. The molecule has 0 bridgehead atoms. The van der Waals surface area contributed by atoms with Gasteiger partial charge in [0.15, 0.2) is 6.10 Å². The van der Waals surface area contributed by atoms with Gasteiger partial charge in [0.05, 0.1) is 50.1 Å². The van der Waals surface area contributed by atoms with E-state index in [1.54, 1.807) is 0 Å². The van der Waals surface area contributed by atoms with E-state index in [0.717, 1.165) is 18.2 Å². The Bertz CT molecular complexity index is 1840. The highest BCUT2D eigenvalue weighted by atomic mass is 16.6. The highest BCUT2D eigenvalue weighted by Gasteiger charge is 2.33. The molecule has 6 rings (SSSR count). The zero-order valence-corrected chi connectivity index (χ0v) is 22.3. The quantitative estimate of drug-likeness (QED) is 0.201. The van der Waals surface area contributed by atoms with Crippen molar-refractivity contribution in [2.75, 3.05) is 13.2 Å². The van der Waals surface area contributed by atoms with Gasteiger partial charge in [-0.15, -0.1) is 0 Å². The third kappa shape index (κ3) is 5.29. The third-order valence-corrected chi connectivity index (χ3v) is 6.72. The summed E-state index contributed by atoms with van der Waals surface area (Å²) in [6.45, 7) is -1.37. The SMILES string of the molecule is O=C(OCC(COC(=O)c1ccc2c(c1)C(=O)OC2=O)OC(=O)c1ccc2c(c1)C(=O)OC2=O)c1ccc2c(c1)C(=O)OC2=O. The van der Waals surface area contributed by atoms with Gasteiger partial charge in [0, 0.05) is 0 Å². The predicted octanol–water partition coefficient (Wildman–Crippen LogP) is 1.86. The maximum Gasteiger partial charge on any atom is 0.346 e. The Morgan fingerprint density at radius 3 is 1.13 bits per heavy atom. The topological polar surface area (TPSA) is 209 Å². The smallest absolute Gasteiger partial charge is 0.346 e. The average molecular weight is 614 g/mol. The lowest BCUT2D eigenvalue weighted by molar-refractivity contribution is -0.0253. The van der Waals surface area contributed by atoms with Crippen molar-refractivity contribution in [3.8, 4) is 0 Å². The van der Waals surface area contributed by atoms with Crippen LogP contribution in [0.25, 0.3) is 0 Å². The van der Waals surface area contributed by atoms with E-state index in [2.05, 4.69) is 14.2 Å². The van der Waals surface area contributed by atoms with E-state index in [0.29, 0.717) is 0 Å². The molecule has 0 aromatic heterocycles. The summed E-state index contributed by atoms with van der Waals surface area (Å²) in [5, 5.41) is 0. The largest absolute Gasteiger partial charge is 0.458 e. The summed E-state index contributed by atoms with van der Waals surface area (Å²) in [4.78, 5) is 109. The second kappa shape index (κ2) is 11.0. The number of hydrogen-bond donors (Lipinski definition) is 0. The summed E-state index contributed by atoms with van der Waals surface area (Å²) in [5.74, 6) is -8.57. The highest BCUT2D eigenvalue weighted by molar-refractivity contribution is 6.17. The van der Waals surface area contributed by atoms with Crippen molar-refractivity contribution in [1.82, 2.24) is 0 Å². The van der Waals surface area contributed by atoms with Crippen LogP contribution in [0.5, 0.6) is 0 Å². The predicted molar refractivity (Wildman–Crippen MR) is 138 cm³/mol. The lowest BCUT2D eigenvalue weighted by atomic mass is 10.1. The molecule has 3 aromatic carbocycles. The standard InChI is InChI=1S/C30H14O15/c31-22(12-1-4-16-19(7-12)28(37)43-25(16)34)40-10-15(42-24(33)14-3-6-18-21(9-14)30(39)45-27(18)36)11-41-23(32)13-2-5-17-20(8-13)29(38)44-26(17)35/h1-9,15H,10-11H2. The van der Waals surface area contributed by atoms with Crippen LogP contribution in [0.2, 0.25) is 0 Å². The molecule has 0 radical (unpaired) electrons. The lowest BCUT2D eigenvalue weighted by Crippen LogP contribution is -2.31. The molecule has 0 N–H and O–H groups in total. The minimum Gasteiger partial charge on any atom is -0.458 e. The van der Waals surface area contributed by atoms with Crippen LogP contribution >= 0.6 is 0 Å². The van der Waals surface area contributed by atoms with Crippen molar-refractivity contribution < 1.29 is 71.6 Å². The van der Waals surface area contributed by atoms with Crippen LogP contribution in [0.3, 0.4) is 0 Å². The van der Waals surface area contributed by atoms with E-state index in [1.165, 1.54) is 36.4 Å². The van der Waals surface area contributed by atoms with Crippen LogP contribution in [-0.2, 0) is 28.4 Å². The molecule has 45 heavy (non-hydrogen) atoms. The summed E-state index contributed by atoms with van der Waals surface area (Å²) in [6.07, 6.45) is -1.45. The number of rotatable bonds is 8. The molecule has 0 unspecified atom stereocenters. The molecular formula is C30H14O15. The fourth-order valence-electron chi connectivity index (χ4n) is 4.48. The maximum absolute atomic E-state index is 13.0. The van der Waals surface area contributed by atoms with Crippen LogP contribution in [0, 0.1) is 0 Å². The van der Waals surface area contributed by atoms with E-state index in [1.807, 2.05) is 0 Å². The van der Waals surface area contributed by atoms with Crippen LogP contribution in [0.4, 0.5) is 0 Å². The number of esters is 9. The molecule has 15 nitrogen and oxygen atoms in total. The summed E-state index contributed by atoms with van der Waals surface area (Å²) in [5.41, 5.74) is -1.11. The zero-order chi connectivity index (χ0) is 32.0. The fourth-order valence-corrected chi connectivity index (χ4v) is 4.48. The van der Waals surface area contributed by atoms with Gasteiger partial charge in [-0.1, -0.05) is 0 Å². The zero-order valence-electron chi connectivity index (χ0n) is 22.3. The molecule has 0 amide bonds. The Labute approximate surface area is 249 Å². The molecule has 3 heterocycles. The Morgan fingerprint density at radius 1 is 0.467 bits per heavy atom. The van der Waals surface area contributed by atoms with Gasteiger partial charge in [-0.05, 0) is 54.6 Å². The van der Waals surface area contributed by atoms with E-state index < -0.39 is 73.0 Å². The summed E-state index contributed by atoms with van der Waals surface area (Å²) in [6, 6.07) is 10.4. The molecule has 0 fully saturated rings. The molecule has 3 aliphatic heterocycles. The number of carbonyl (C=O) groups is 9. The number of cyclic esters (lactones) is 6. The molecule has 15 heteroatoms. The van der Waals surface area contributed by atoms with Gasteiger partial charge < -0.3 is 28.4 Å². The van der Waals surface area contributed by atoms with Crippen molar-refractivity contribution in [2.24, 2.45) is 0 Å². The first-order valence-corrected chi connectivity index (χ1v) is 12.8. The van der Waals surface area contributed by atoms with Crippen molar-refractivity contribution in [1.29, 1.82) is 0 Å². The lowest BCUT2D eigenvalue weighted by Gasteiger charge is -2.18. The molecule has 0 saturated carbocycles. The van der Waals surface area contributed by atoms with E-state index >= 15 is 0 Å². The van der Waals surface area contributed by atoms with Gasteiger partial charge in [0.1, 0.15) is 13.2 Å². The highest BCUT2D eigenvalue weighted by Crippen LogP contribution is 2.24. The molecular weight excluding hydrogens is 600 g/mol. The molecule has 3 aliphatic rings. The van der Waals surface area contributed by atoms with Crippen molar-refractivity contribution in [3.05, 3.63) is 105 Å². The Hall–Kier alpha value is -6.51. The maximum atomic E-state index is 13.0. The van der Waals surface area contributed by atoms with Gasteiger partial charge in [-0.25, -0.2) is 43.2 Å². The molecule has 0 saturated heterocycles. The van der Waals surface area contributed by atoms with Crippen molar-refractivity contribution in [3.63, 3.8) is 0 Å². The molecule has 0 spiro atoms. The van der Waals surface area contributed by atoms with Crippen LogP contribution in [-0.4, -0.2) is 73.0 Å². The fraction of sp³-hybridized carbons (Fsp3) is 0.100. The van der Waals surface area contributed by atoms with Gasteiger partial charge in [0.25, 0.3) is 0 Å². The minimum atomic E-state index is -1.45. The second-order valence-corrected chi connectivity index (χ2v) is 9.54.